The first-order chi connectivity index (χ1) is 26.5. The van der Waals surface area contributed by atoms with Crippen LogP contribution in [0.1, 0.15) is 60.8 Å². The van der Waals surface area contributed by atoms with Crippen molar-refractivity contribution in [1.29, 1.82) is 0 Å². The van der Waals surface area contributed by atoms with Crippen LogP contribution in [-0.2, 0) is 29.2 Å². The molecule has 0 aliphatic heterocycles. The standard InChI is InChI=1S/C33H37N5O5.C11H11N/c1-33(2,3)43-32(42)38(22-26-11-4-5-18-34-26)21-23-14-16-25(17-15-23)30(39)37-28(31(40)41)13-8-19-35-27-12-6-9-24-10-7-20-36-29(24)27;12-8-10-6-3-5-9-4-1-2-7-11(9)10/h4-7,9-12,14-18,20,28,35H,8,13,19,21-22H2,1-3H3,(H,37,39)(H,40,41);1-7H,8,12H2/t28-;/m0./s1. The number of carbonyl (C=O) groups is 3. The average Bonchev–Trinajstić information content (AvgIpc) is 3.18. The number of aliphatic carboxylic acids is 1. The highest BCUT2D eigenvalue weighted by atomic mass is 16.6. The van der Waals surface area contributed by atoms with Gasteiger partial charge in [0.25, 0.3) is 5.91 Å². The van der Waals surface area contributed by atoms with Crippen molar-refractivity contribution in [3.05, 3.63) is 150 Å². The van der Waals surface area contributed by atoms with E-state index < -0.39 is 29.6 Å². The number of carbonyl (C=O) groups excluding carboxylic acids is 2. The van der Waals surface area contributed by atoms with Gasteiger partial charge >= 0.3 is 12.1 Å². The lowest BCUT2D eigenvalue weighted by molar-refractivity contribution is -0.139. The fourth-order valence-electron chi connectivity index (χ4n) is 5.93. The Morgan fingerprint density at radius 1 is 0.800 bits per heavy atom. The molecule has 0 unspecified atom stereocenters. The summed E-state index contributed by atoms with van der Waals surface area (Å²) in [5, 5.41) is 19.2. The second-order valence-corrected chi connectivity index (χ2v) is 14.0. The zero-order valence-electron chi connectivity index (χ0n) is 31.4. The molecule has 0 radical (unpaired) electrons. The predicted molar refractivity (Wildman–Crippen MR) is 216 cm³/mol. The van der Waals surface area contributed by atoms with Crippen molar-refractivity contribution >= 4 is 45.3 Å². The molecule has 4 aromatic carbocycles. The number of carboxylic acid groups (broad SMARTS) is 1. The minimum Gasteiger partial charge on any atom is -0.480 e. The lowest BCUT2D eigenvalue weighted by Gasteiger charge is -2.27. The molecule has 0 aliphatic carbocycles. The molecule has 0 fully saturated rings. The Labute approximate surface area is 321 Å². The highest BCUT2D eigenvalue weighted by Crippen LogP contribution is 2.21. The fourth-order valence-corrected chi connectivity index (χ4v) is 5.93. The van der Waals surface area contributed by atoms with Gasteiger partial charge in [0.15, 0.2) is 0 Å². The van der Waals surface area contributed by atoms with Crippen LogP contribution in [0.4, 0.5) is 10.5 Å². The van der Waals surface area contributed by atoms with Gasteiger partial charge in [-0.2, -0.15) is 0 Å². The number of nitrogens with zero attached hydrogens (tertiary/aromatic N) is 3. The number of para-hydroxylation sites is 1. The number of fused-ring (bicyclic) bond motifs is 2. The van der Waals surface area contributed by atoms with Crippen LogP contribution < -0.4 is 16.4 Å². The van der Waals surface area contributed by atoms with E-state index in [1.807, 2.05) is 60.7 Å². The van der Waals surface area contributed by atoms with Gasteiger partial charge in [0, 0.05) is 43.0 Å². The third kappa shape index (κ3) is 11.8. The van der Waals surface area contributed by atoms with Gasteiger partial charge in [0.05, 0.1) is 23.4 Å². The molecule has 0 saturated heterocycles. The van der Waals surface area contributed by atoms with Crippen LogP contribution in [-0.4, -0.2) is 56.1 Å². The topological polar surface area (TPSA) is 160 Å². The van der Waals surface area contributed by atoms with Crippen LogP contribution in [0.15, 0.2) is 128 Å². The lowest BCUT2D eigenvalue weighted by Crippen LogP contribution is -2.41. The number of ether oxygens (including phenoxy) is 1. The van der Waals surface area contributed by atoms with Crippen LogP contribution >= 0.6 is 0 Å². The van der Waals surface area contributed by atoms with Crippen molar-refractivity contribution in [1.82, 2.24) is 20.2 Å². The van der Waals surface area contributed by atoms with Gasteiger partial charge in [-0.25, -0.2) is 9.59 Å². The molecule has 2 heterocycles. The van der Waals surface area contributed by atoms with Crippen molar-refractivity contribution in [3.8, 4) is 0 Å². The number of carboxylic acids is 1. The fraction of sp³-hybridized carbons (Fsp3) is 0.250. The lowest BCUT2D eigenvalue weighted by atomic mass is 10.1. The van der Waals surface area contributed by atoms with E-state index >= 15 is 0 Å². The molecule has 5 N–H and O–H groups in total. The van der Waals surface area contributed by atoms with Crippen LogP contribution in [0.25, 0.3) is 21.7 Å². The van der Waals surface area contributed by atoms with Gasteiger partial charge in [-0.1, -0.05) is 78.9 Å². The summed E-state index contributed by atoms with van der Waals surface area (Å²) in [5.74, 6) is -1.58. The molecule has 0 bridgehead atoms. The maximum absolute atomic E-state index is 12.9. The molecule has 284 valence electrons. The number of amides is 2. The van der Waals surface area contributed by atoms with Crippen LogP contribution in [0.3, 0.4) is 0 Å². The zero-order valence-corrected chi connectivity index (χ0v) is 31.4. The van der Waals surface area contributed by atoms with Crippen molar-refractivity contribution in [2.24, 2.45) is 5.73 Å². The molecule has 11 nitrogen and oxygen atoms in total. The van der Waals surface area contributed by atoms with E-state index in [9.17, 15) is 19.5 Å². The summed E-state index contributed by atoms with van der Waals surface area (Å²) in [4.78, 5) is 48.0. The number of anilines is 1. The van der Waals surface area contributed by atoms with Gasteiger partial charge in [0.1, 0.15) is 11.6 Å². The number of pyridine rings is 2. The smallest absolute Gasteiger partial charge is 0.410 e. The Balaban J connectivity index is 0.000000407. The third-order valence-electron chi connectivity index (χ3n) is 8.64. The summed E-state index contributed by atoms with van der Waals surface area (Å²) in [6, 6.07) is 35.4. The Hall–Kier alpha value is -6.33. The number of benzene rings is 4. The molecule has 1 atom stereocenters. The van der Waals surface area contributed by atoms with E-state index in [4.69, 9.17) is 10.5 Å². The Morgan fingerprint density at radius 3 is 2.22 bits per heavy atom. The summed E-state index contributed by atoms with van der Waals surface area (Å²) >= 11 is 0. The molecule has 55 heavy (non-hydrogen) atoms. The maximum atomic E-state index is 12.9. The summed E-state index contributed by atoms with van der Waals surface area (Å²) in [6.45, 7) is 7.05. The largest absolute Gasteiger partial charge is 0.480 e. The molecule has 6 rings (SSSR count). The average molecular weight is 741 g/mol. The Kier molecular flexibility index (Phi) is 13.9. The Morgan fingerprint density at radius 2 is 1.49 bits per heavy atom. The first-order valence-electron chi connectivity index (χ1n) is 18.3. The van der Waals surface area contributed by atoms with Crippen LogP contribution in [0.5, 0.6) is 0 Å². The van der Waals surface area contributed by atoms with Gasteiger partial charge in [-0.05, 0) is 91.9 Å². The molecule has 2 amide bonds. The number of aromatic nitrogens is 2. The quantitative estimate of drug-likeness (QED) is 0.0862. The SMILES string of the molecule is CC(C)(C)OC(=O)N(Cc1ccc(C(=O)N[C@@H](CCCNc2cccc3cccnc23)C(=O)O)cc1)Cc1ccccn1.NCc1cccc2ccccc12. The second kappa shape index (κ2) is 19.1. The first kappa shape index (κ1) is 39.9. The molecule has 0 saturated carbocycles. The highest BCUT2D eigenvalue weighted by Gasteiger charge is 2.24. The maximum Gasteiger partial charge on any atom is 0.410 e. The summed E-state index contributed by atoms with van der Waals surface area (Å²) in [6.07, 6.45) is 3.70. The Bertz CT molecular complexity index is 2180. The number of hydrogen-bond donors (Lipinski definition) is 4. The molecule has 11 heteroatoms. The number of hydrogen-bond acceptors (Lipinski definition) is 8. The zero-order chi connectivity index (χ0) is 39.2. The number of nitrogens with two attached hydrogens (primary N) is 1. The normalized spacial score (nSPS) is 11.6. The van der Waals surface area contributed by atoms with Crippen LogP contribution in [0, 0.1) is 0 Å². The minimum absolute atomic E-state index is 0.240. The van der Waals surface area contributed by atoms with Crippen molar-refractivity contribution in [2.45, 2.75) is 64.9 Å². The summed E-state index contributed by atoms with van der Waals surface area (Å²) < 4.78 is 5.59. The van der Waals surface area contributed by atoms with Crippen molar-refractivity contribution in [2.75, 3.05) is 11.9 Å². The van der Waals surface area contributed by atoms with Crippen LogP contribution in [0.2, 0.25) is 0 Å². The summed E-state index contributed by atoms with van der Waals surface area (Å²) in [5.41, 5.74) is 9.71. The van der Waals surface area contributed by atoms with Gasteiger partial charge in [-0.3, -0.25) is 19.7 Å². The van der Waals surface area contributed by atoms with E-state index in [1.54, 1.807) is 68.4 Å². The molecular formula is C44H48N6O5. The monoisotopic (exact) mass is 740 g/mol. The highest BCUT2D eigenvalue weighted by molar-refractivity contribution is 5.96. The molecule has 0 aliphatic rings. The molecule has 0 spiro atoms. The molecule has 2 aromatic heterocycles. The van der Waals surface area contributed by atoms with E-state index in [2.05, 4.69) is 44.9 Å². The van der Waals surface area contributed by atoms with Gasteiger partial charge in [-0.15, -0.1) is 0 Å². The minimum atomic E-state index is -1.10. The van der Waals surface area contributed by atoms with E-state index in [0.717, 1.165) is 22.2 Å². The van der Waals surface area contributed by atoms with Crippen molar-refractivity contribution in [3.63, 3.8) is 0 Å². The van der Waals surface area contributed by atoms with Gasteiger partial charge in [0.2, 0.25) is 0 Å². The van der Waals surface area contributed by atoms with E-state index in [1.165, 1.54) is 16.3 Å². The molecular weight excluding hydrogens is 693 g/mol. The first-order valence-corrected chi connectivity index (χ1v) is 18.3. The number of rotatable bonds is 13. The number of nitrogens with one attached hydrogen (secondary N) is 2. The van der Waals surface area contributed by atoms with Crippen molar-refractivity contribution < 1.29 is 24.2 Å². The predicted octanol–water partition coefficient (Wildman–Crippen LogP) is 7.94. The molecule has 6 aromatic rings. The van der Waals surface area contributed by atoms with E-state index in [0.29, 0.717) is 30.8 Å². The summed E-state index contributed by atoms with van der Waals surface area (Å²) in [7, 11) is 0. The van der Waals surface area contributed by atoms with Gasteiger partial charge < -0.3 is 26.2 Å². The van der Waals surface area contributed by atoms with E-state index in [-0.39, 0.29) is 19.5 Å². The second-order valence-electron chi connectivity index (χ2n) is 14.0. The third-order valence-corrected chi connectivity index (χ3v) is 8.64.